The summed E-state index contributed by atoms with van der Waals surface area (Å²) in [7, 11) is 0. The van der Waals surface area contributed by atoms with Crippen LogP contribution in [0.25, 0.3) is 0 Å². The van der Waals surface area contributed by atoms with E-state index in [0.717, 1.165) is 17.7 Å². The number of anilines is 1. The highest BCUT2D eigenvalue weighted by molar-refractivity contribution is 6.09. The molecule has 4 aliphatic carbocycles. The first-order valence-electron chi connectivity index (χ1n) is 11.7. The summed E-state index contributed by atoms with van der Waals surface area (Å²) in [6.45, 7) is 1.41. The largest absolute Gasteiger partial charge is 0.454 e. The molecule has 1 heterocycles. The van der Waals surface area contributed by atoms with Crippen molar-refractivity contribution in [3.05, 3.63) is 42.2 Å². The lowest BCUT2D eigenvalue weighted by molar-refractivity contribution is -0.160. The molecular formula is C25H27FN2O5. The third-order valence-electron chi connectivity index (χ3n) is 7.59. The van der Waals surface area contributed by atoms with Crippen molar-refractivity contribution in [1.82, 2.24) is 4.90 Å². The summed E-state index contributed by atoms with van der Waals surface area (Å²) >= 11 is 0. The van der Waals surface area contributed by atoms with E-state index in [9.17, 15) is 23.6 Å². The van der Waals surface area contributed by atoms with Gasteiger partial charge in [-0.25, -0.2) is 9.18 Å². The highest BCUT2D eigenvalue weighted by Crippen LogP contribution is 2.65. The van der Waals surface area contributed by atoms with Gasteiger partial charge in [0.2, 0.25) is 11.8 Å². The number of hydrogen-bond acceptors (Lipinski definition) is 5. The van der Waals surface area contributed by atoms with Crippen LogP contribution in [0.4, 0.5) is 10.1 Å². The standard InChI is InChI=1S/C25H27FN2O5/c1-2-3-4-19(25(32)33-12-20(29)27-14-7-5-13(26)6-8-14)28-23(30)21-15-9-10-16(18-11-17(15)18)22(21)24(28)31/h5-10,15-19,21-22H,2-4,11-12H2,1H3,(H,27,29)/t15-,16-,17-,18+,19-,21+,22+/m1/s1. The molecule has 174 valence electrons. The minimum Gasteiger partial charge on any atom is -0.454 e. The zero-order valence-corrected chi connectivity index (χ0v) is 18.4. The first kappa shape index (κ1) is 21.8. The van der Waals surface area contributed by atoms with E-state index in [1.807, 2.05) is 6.92 Å². The van der Waals surface area contributed by atoms with Crippen LogP contribution in [0, 0.1) is 41.3 Å². The van der Waals surface area contributed by atoms with Gasteiger partial charge in [0.25, 0.3) is 5.91 Å². The predicted molar refractivity (Wildman–Crippen MR) is 116 cm³/mol. The number of allylic oxidation sites excluding steroid dienone is 2. The number of carbonyl (C=O) groups is 4. The van der Waals surface area contributed by atoms with E-state index in [1.165, 1.54) is 24.3 Å². The molecule has 1 aromatic carbocycles. The van der Waals surface area contributed by atoms with Gasteiger partial charge in [-0.3, -0.25) is 19.3 Å². The lowest BCUT2D eigenvalue weighted by atomic mass is 9.63. The fourth-order valence-corrected chi connectivity index (χ4v) is 6.00. The van der Waals surface area contributed by atoms with Crippen molar-refractivity contribution >= 4 is 29.4 Å². The van der Waals surface area contributed by atoms with Crippen LogP contribution in [-0.2, 0) is 23.9 Å². The molecule has 3 amide bonds. The van der Waals surface area contributed by atoms with E-state index in [4.69, 9.17) is 4.74 Å². The fourth-order valence-electron chi connectivity index (χ4n) is 6.00. The Kier molecular flexibility index (Phi) is 5.54. The summed E-state index contributed by atoms with van der Waals surface area (Å²) in [6, 6.07) is 4.19. The molecule has 5 aliphatic rings. The van der Waals surface area contributed by atoms with Gasteiger partial charge in [-0.1, -0.05) is 31.9 Å². The van der Waals surface area contributed by atoms with Gasteiger partial charge in [0.05, 0.1) is 11.8 Å². The normalized spacial score (nSPS) is 31.8. The van der Waals surface area contributed by atoms with Gasteiger partial charge in [0.1, 0.15) is 11.9 Å². The summed E-state index contributed by atoms with van der Waals surface area (Å²) in [4.78, 5) is 53.1. The zero-order valence-electron chi connectivity index (χ0n) is 18.4. The smallest absolute Gasteiger partial charge is 0.329 e. The number of unbranched alkanes of at least 4 members (excludes halogenated alkanes) is 1. The number of esters is 1. The molecule has 3 fully saturated rings. The number of carbonyl (C=O) groups excluding carboxylic acids is 4. The topological polar surface area (TPSA) is 92.8 Å². The maximum Gasteiger partial charge on any atom is 0.329 e. The van der Waals surface area contributed by atoms with Crippen LogP contribution in [0.5, 0.6) is 0 Å². The number of ether oxygens (including phenoxy) is 1. The average Bonchev–Trinajstić information content (AvgIpc) is 3.59. The first-order valence-corrected chi connectivity index (χ1v) is 11.7. The van der Waals surface area contributed by atoms with Crippen LogP contribution in [0.2, 0.25) is 0 Å². The van der Waals surface area contributed by atoms with Crippen LogP contribution in [0.15, 0.2) is 36.4 Å². The molecule has 1 saturated heterocycles. The van der Waals surface area contributed by atoms with Crippen molar-refractivity contribution in [3.63, 3.8) is 0 Å². The van der Waals surface area contributed by atoms with E-state index in [1.54, 1.807) is 0 Å². The Morgan fingerprint density at radius 3 is 2.27 bits per heavy atom. The Morgan fingerprint density at radius 1 is 1.09 bits per heavy atom. The second-order valence-electron chi connectivity index (χ2n) is 9.52. The number of likely N-dealkylation sites (tertiary alicyclic amines) is 1. The lowest BCUT2D eigenvalue weighted by Crippen LogP contribution is -2.47. The molecular weight excluding hydrogens is 427 g/mol. The second kappa shape index (κ2) is 8.39. The fraction of sp³-hybridized carbons (Fsp3) is 0.520. The van der Waals surface area contributed by atoms with Crippen LogP contribution in [-0.4, -0.2) is 41.2 Å². The SMILES string of the molecule is CCCC[C@H](C(=O)OCC(=O)Nc1ccc(F)cc1)N1C(=O)[C@H]2[C@@H]3C=C[C@H]([C@@H]4C[C@H]34)[C@@H]2C1=O. The highest BCUT2D eigenvalue weighted by atomic mass is 19.1. The minimum absolute atomic E-state index is 0.0794. The van der Waals surface area contributed by atoms with Crippen LogP contribution in [0.3, 0.4) is 0 Å². The van der Waals surface area contributed by atoms with Gasteiger partial charge in [-0.2, -0.15) is 0 Å². The van der Waals surface area contributed by atoms with Crippen molar-refractivity contribution < 1.29 is 28.3 Å². The summed E-state index contributed by atoms with van der Waals surface area (Å²) in [5, 5.41) is 2.53. The highest BCUT2D eigenvalue weighted by Gasteiger charge is 2.67. The number of imide groups is 1. The number of nitrogens with one attached hydrogen (secondary N) is 1. The summed E-state index contributed by atoms with van der Waals surface area (Å²) < 4.78 is 18.3. The van der Waals surface area contributed by atoms with E-state index in [2.05, 4.69) is 17.5 Å². The number of benzene rings is 1. The second-order valence-corrected chi connectivity index (χ2v) is 9.52. The number of halogens is 1. The lowest BCUT2D eigenvalue weighted by Gasteiger charge is -2.37. The molecule has 0 radical (unpaired) electrons. The van der Waals surface area contributed by atoms with Gasteiger partial charge in [0, 0.05) is 5.69 Å². The van der Waals surface area contributed by atoms with Crippen LogP contribution < -0.4 is 5.32 Å². The number of nitrogens with zero attached hydrogens (tertiary/aromatic N) is 1. The molecule has 7 nitrogen and oxygen atoms in total. The Morgan fingerprint density at radius 2 is 1.70 bits per heavy atom. The Bertz CT molecular complexity index is 986. The quantitative estimate of drug-likeness (QED) is 0.370. The third kappa shape index (κ3) is 3.75. The molecule has 7 atom stereocenters. The molecule has 8 heteroatoms. The van der Waals surface area contributed by atoms with Crippen molar-refractivity contribution in [2.24, 2.45) is 35.5 Å². The predicted octanol–water partition coefficient (Wildman–Crippen LogP) is 2.92. The number of amides is 3. The molecule has 2 saturated carbocycles. The molecule has 0 spiro atoms. The summed E-state index contributed by atoms with van der Waals surface area (Å²) in [5.41, 5.74) is 0.371. The van der Waals surface area contributed by atoms with E-state index in [-0.39, 0.29) is 35.5 Å². The van der Waals surface area contributed by atoms with Crippen molar-refractivity contribution in [2.75, 3.05) is 11.9 Å². The zero-order chi connectivity index (χ0) is 23.3. The maximum atomic E-state index is 13.4. The van der Waals surface area contributed by atoms with Crippen molar-refractivity contribution in [2.45, 2.75) is 38.6 Å². The minimum atomic E-state index is -1.02. The molecule has 1 aromatic rings. The van der Waals surface area contributed by atoms with E-state index >= 15 is 0 Å². The molecule has 0 unspecified atom stereocenters. The van der Waals surface area contributed by atoms with Crippen molar-refractivity contribution in [1.29, 1.82) is 0 Å². The van der Waals surface area contributed by atoms with Gasteiger partial charge < -0.3 is 10.1 Å². The summed E-state index contributed by atoms with van der Waals surface area (Å²) in [5.74, 6) is -1.95. The maximum absolute atomic E-state index is 13.4. The van der Waals surface area contributed by atoms with Crippen LogP contribution >= 0.6 is 0 Å². The van der Waals surface area contributed by atoms with Gasteiger partial charge in [0.15, 0.2) is 6.61 Å². The van der Waals surface area contributed by atoms with Gasteiger partial charge >= 0.3 is 5.97 Å². The average molecular weight is 454 g/mol. The molecule has 1 aliphatic heterocycles. The van der Waals surface area contributed by atoms with Gasteiger partial charge in [-0.05, 0) is 60.8 Å². The molecule has 1 N–H and O–H groups in total. The molecule has 6 rings (SSSR count). The van der Waals surface area contributed by atoms with Crippen molar-refractivity contribution in [3.8, 4) is 0 Å². The van der Waals surface area contributed by atoms with E-state index < -0.39 is 30.3 Å². The summed E-state index contributed by atoms with van der Waals surface area (Å²) in [6.07, 6.45) is 6.99. The number of hydrogen-bond donors (Lipinski definition) is 1. The Hall–Kier alpha value is -3.03. The molecule has 33 heavy (non-hydrogen) atoms. The van der Waals surface area contributed by atoms with Gasteiger partial charge in [-0.15, -0.1) is 0 Å². The molecule has 0 aromatic heterocycles. The van der Waals surface area contributed by atoms with E-state index in [0.29, 0.717) is 30.4 Å². The third-order valence-corrected chi connectivity index (χ3v) is 7.59. The number of rotatable bonds is 8. The monoisotopic (exact) mass is 454 g/mol. The molecule has 2 bridgehead atoms. The van der Waals surface area contributed by atoms with Crippen LogP contribution in [0.1, 0.15) is 32.6 Å². The Labute approximate surface area is 191 Å². The Balaban J connectivity index is 1.27. The first-order chi connectivity index (χ1) is 15.9.